The van der Waals surface area contributed by atoms with Crippen molar-refractivity contribution in [2.45, 2.75) is 64.2 Å². The van der Waals surface area contributed by atoms with Crippen LogP contribution < -0.4 is 0 Å². The van der Waals surface area contributed by atoms with Crippen molar-refractivity contribution in [3.8, 4) is 0 Å². The topological polar surface area (TPSA) is 0 Å². The fourth-order valence-corrected chi connectivity index (χ4v) is 5.06. The molecule has 0 spiro atoms. The summed E-state index contributed by atoms with van der Waals surface area (Å²) in [6.45, 7) is 14.4. The Kier molecular flexibility index (Phi) is 138. The molecule has 224 valence electrons. The zero-order valence-corrected chi connectivity index (χ0v) is 41.5. The second kappa shape index (κ2) is 48.8. The number of allylic oxidation sites excluding steroid dienone is 8. The van der Waals surface area contributed by atoms with E-state index >= 15 is 0 Å². The van der Waals surface area contributed by atoms with Gasteiger partial charge in [0.05, 0.1) is 0 Å². The molecule has 0 N–H and O–H groups in total. The quantitative estimate of drug-likeness (QED) is 0.258. The van der Waals surface area contributed by atoms with Gasteiger partial charge in [-0.25, -0.2) is 23.3 Å². The molecule has 0 aromatic rings. The molecule has 2 rings (SSSR count). The molecule has 0 aliphatic heterocycles. The number of halogens is 2. The molecule has 0 unspecified atom stereocenters. The van der Waals surface area contributed by atoms with Crippen LogP contribution >= 0.6 is 24.8 Å². The Morgan fingerprint density at radius 3 is 0.857 bits per heavy atom. The van der Waals surface area contributed by atoms with E-state index in [0.29, 0.717) is 0 Å². The number of hydrogen-bond donors (Lipinski definition) is 0. The van der Waals surface area contributed by atoms with Crippen LogP contribution in [0.25, 0.3) is 0 Å². The molecule has 4 radical (unpaired) electrons. The summed E-state index contributed by atoms with van der Waals surface area (Å²) in [5, 5.41) is 0. The van der Waals surface area contributed by atoms with Gasteiger partial charge in [-0.1, -0.05) is 51.4 Å². The molecular weight excluding hydrogens is 643 g/mol. The minimum absolute atomic E-state index is 0. The van der Waals surface area contributed by atoms with Gasteiger partial charge in [-0.3, -0.25) is 12.2 Å². The molecule has 2 aliphatic rings. The van der Waals surface area contributed by atoms with Gasteiger partial charge in [0.2, 0.25) is 0 Å². The molecule has 2 aliphatic carbocycles. The van der Waals surface area contributed by atoms with Gasteiger partial charge in [-0.2, -0.15) is 12.2 Å². The summed E-state index contributed by atoms with van der Waals surface area (Å²) in [6, 6.07) is 2.59. The first kappa shape index (κ1) is 99.3. The van der Waals surface area contributed by atoms with E-state index in [-0.39, 0.29) is 154 Å². The first-order valence-electron chi connectivity index (χ1n) is 7.68. The van der Waals surface area contributed by atoms with E-state index in [1.807, 2.05) is 0 Å². The fourth-order valence-electron chi connectivity index (χ4n) is 2.29. The molecule has 0 saturated heterocycles. The second-order valence-corrected chi connectivity index (χ2v) is 19.0. The summed E-state index contributed by atoms with van der Waals surface area (Å²) < 4.78 is 0. The summed E-state index contributed by atoms with van der Waals surface area (Å²) in [5.41, 5.74) is 2.89. The largest absolute Gasteiger partial charge is 0.358 e. The zero-order chi connectivity index (χ0) is 15.2. The minimum Gasteiger partial charge on any atom is -0.358 e. The Bertz CT molecular complexity index is 412. The van der Waals surface area contributed by atoms with Gasteiger partial charge in [0, 0.05) is 42.4 Å². The minimum atomic E-state index is -0.873. The van der Waals surface area contributed by atoms with E-state index in [9.17, 15) is 0 Å². The van der Waals surface area contributed by atoms with E-state index in [0.717, 1.165) is 12.8 Å². The summed E-state index contributed by atoms with van der Waals surface area (Å²) in [6.07, 6.45) is 17.6. The van der Waals surface area contributed by atoms with Crippen LogP contribution in [0.15, 0.2) is 35.5 Å². The molecule has 0 atom stereocenters. The van der Waals surface area contributed by atoms with Crippen LogP contribution in [0.2, 0.25) is 51.4 Å². The molecule has 0 amide bonds. The molecule has 0 fully saturated rings. The Morgan fingerprint density at radius 1 is 0.543 bits per heavy atom. The van der Waals surface area contributed by atoms with Crippen LogP contribution in [0.3, 0.4) is 0 Å². The van der Waals surface area contributed by atoms with Crippen LogP contribution in [0.5, 0.6) is 0 Å². The summed E-state index contributed by atoms with van der Waals surface area (Å²) >= 11 is 0. The van der Waals surface area contributed by atoms with E-state index < -0.39 is 16.1 Å². The van der Waals surface area contributed by atoms with Gasteiger partial charge in [0.15, 0.2) is 0 Å². The van der Waals surface area contributed by atoms with Crippen LogP contribution in [0.4, 0.5) is 0 Å². The van der Waals surface area contributed by atoms with Gasteiger partial charge < -0.3 is 59.4 Å². The van der Waals surface area contributed by atoms with E-state index in [1.54, 1.807) is 0 Å². The van der Waals surface area contributed by atoms with E-state index in [1.165, 1.54) is 23.2 Å². The van der Waals surface area contributed by atoms with Crippen molar-refractivity contribution < 1.29 is 26.2 Å². The average molecular weight is 711 g/mol. The van der Waals surface area contributed by atoms with Crippen LogP contribution in [-0.2, 0) is 26.2 Å². The molecule has 0 nitrogen and oxygen atoms in total. The molecule has 0 aromatic carbocycles. The maximum atomic E-state index is 3.35. The van der Waals surface area contributed by atoms with Crippen LogP contribution in [0, 0.1) is 71.6 Å². The maximum absolute atomic E-state index is 3.35. The fraction of sp³-hybridized carbons (Fsp3) is 0.385. The van der Waals surface area contributed by atoms with Gasteiger partial charge in [0.25, 0.3) is 0 Å². The van der Waals surface area contributed by atoms with Gasteiger partial charge in [0.1, 0.15) is 0 Å². The standard InChI is InChI=1S/2C9H15Si.8CH3.2ClH.4H3Si.Zr/c2*1-10(2,3)8-9-6-4-5-7-9;;;;;;;;;;;;;;;/h2*4,6H,5,8H2,1-3H3;8*1H3;2*1H;4*1H3;/q10*-1;;;;;;;. The SMILES string of the molecule is C[Si](C)(C)CC1=[C-]CC=C1.C[Si](C)(C)CC1=[C-]CC=C1.Cl.Cl.[CH3-].[CH3-].[CH3-].[CH3-].[CH3-].[CH3-].[CH3-].[CH3-].[SiH3].[SiH3].[SiH3].[SiH3].[Zr]. The molecule has 0 heterocycles. The van der Waals surface area contributed by atoms with E-state index in [2.05, 4.69) is 75.7 Å². The summed E-state index contributed by atoms with van der Waals surface area (Å²) in [5.74, 6) is 0. The van der Waals surface area contributed by atoms with Gasteiger partial charge in [-0.05, 0) is 43.9 Å². The Hall–Kier alpha value is 1.72. The van der Waals surface area contributed by atoms with Crippen LogP contribution in [-0.4, -0.2) is 60.0 Å². The predicted molar refractivity (Wildman–Crippen MR) is 203 cm³/mol. The first-order chi connectivity index (χ1) is 9.16. The monoisotopic (exact) mass is 708 g/mol. The average Bonchev–Trinajstić information content (AvgIpc) is 2.87. The predicted octanol–water partition coefficient (Wildman–Crippen LogP) is 5.74. The Morgan fingerprint density at radius 2 is 0.743 bits per heavy atom. The van der Waals surface area contributed by atoms with Crippen molar-refractivity contribution in [3.05, 3.63) is 107 Å². The maximum Gasteiger partial charge on any atom is 0.0456 e. The van der Waals surface area contributed by atoms with Gasteiger partial charge in [-0.15, -0.1) is 37.7 Å². The second-order valence-electron chi connectivity index (χ2n) is 8.09. The van der Waals surface area contributed by atoms with Crippen molar-refractivity contribution in [2.24, 2.45) is 0 Å². The molecule has 35 heavy (non-hydrogen) atoms. The molecule has 0 saturated carbocycles. The van der Waals surface area contributed by atoms with Crippen LogP contribution in [0.1, 0.15) is 12.8 Å². The number of rotatable bonds is 4. The molecule has 9 heteroatoms. The van der Waals surface area contributed by atoms with Gasteiger partial charge >= 0.3 is 0 Å². The van der Waals surface area contributed by atoms with Crippen molar-refractivity contribution in [2.75, 3.05) is 0 Å². The zero-order valence-electron chi connectivity index (χ0n) is 27.5. The Balaban J connectivity index is -0.0000000123. The van der Waals surface area contributed by atoms with Crippen molar-refractivity contribution >= 4 is 84.8 Å². The molecular formula is C26H68Cl2Si6Zr-10. The normalized spacial score (nSPS) is 10.1. The third-order valence-electron chi connectivity index (χ3n) is 2.97. The van der Waals surface area contributed by atoms with E-state index in [4.69, 9.17) is 0 Å². The molecule has 0 bridgehead atoms. The number of hydrogen-bond acceptors (Lipinski definition) is 0. The van der Waals surface area contributed by atoms with Crippen molar-refractivity contribution in [1.29, 1.82) is 0 Å². The van der Waals surface area contributed by atoms with Crippen molar-refractivity contribution in [3.63, 3.8) is 0 Å². The summed E-state index contributed by atoms with van der Waals surface area (Å²) in [7, 11) is -1.75. The third kappa shape index (κ3) is 61.4. The Labute approximate surface area is 280 Å². The third-order valence-corrected chi connectivity index (χ3v) is 5.86. The first-order valence-corrected chi connectivity index (χ1v) is 15.1. The summed E-state index contributed by atoms with van der Waals surface area (Å²) in [4.78, 5) is 0. The molecule has 0 aromatic heterocycles. The smallest absolute Gasteiger partial charge is 0.0456 e. The van der Waals surface area contributed by atoms with Crippen molar-refractivity contribution in [1.82, 2.24) is 0 Å².